The molecule has 0 bridgehead atoms. The molecule has 18 heavy (non-hydrogen) atoms. The van der Waals surface area contributed by atoms with Gasteiger partial charge in [0.15, 0.2) is 0 Å². The Morgan fingerprint density at radius 2 is 1.94 bits per heavy atom. The first-order valence-electron chi connectivity index (χ1n) is 4.73. The maximum absolute atomic E-state index is 12.5. The molecular formula is C9H10ClF3N2O2S. The van der Waals surface area contributed by atoms with Crippen LogP contribution in [-0.2, 0) is 16.2 Å². The Balaban J connectivity index is 3.07. The Bertz CT molecular complexity index is 531. The van der Waals surface area contributed by atoms with Crippen LogP contribution in [0.5, 0.6) is 0 Å². The lowest BCUT2D eigenvalue weighted by atomic mass is 10.2. The standard InChI is InChI=1S/C9H10ClF3N2O2S/c10-8-2-1-6(5-7(8)9(11,12)13)15-18(16,17)4-3-14/h1-2,5,15H,3-4,14H2. The van der Waals surface area contributed by atoms with Gasteiger partial charge in [-0.25, -0.2) is 8.42 Å². The smallest absolute Gasteiger partial charge is 0.329 e. The Morgan fingerprint density at radius 1 is 1.33 bits per heavy atom. The van der Waals surface area contributed by atoms with Crippen molar-refractivity contribution in [2.24, 2.45) is 5.73 Å². The van der Waals surface area contributed by atoms with E-state index in [-0.39, 0.29) is 18.0 Å². The van der Waals surface area contributed by atoms with Gasteiger partial charge in [0.25, 0.3) is 0 Å². The van der Waals surface area contributed by atoms with Gasteiger partial charge < -0.3 is 5.73 Å². The first-order chi connectivity index (χ1) is 8.15. The van der Waals surface area contributed by atoms with Gasteiger partial charge in [0.1, 0.15) is 0 Å². The highest BCUT2D eigenvalue weighted by atomic mass is 35.5. The Hall–Kier alpha value is -0.990. The monoisotopic (exact) mass is 302 g/mol. The topological polar surface area (TPSA) is 72.2 Å². The summed E-state index contributed by atoms with van der Waals surface area (Å²) in [5.41, 5.74) is 3.76. The number of halogens is 4. The molecule has 3 N–H and O–H groups in total. The summed E-state index contributed by atoms with van der Waals surface area (Å²) >= 11 is 5.40. The number of nitrogens with two attached hydrogens (primary N) is 1. The quantitative estimate of drug-likeness (QED) is 0.894. The maximum atomic E-state index is 12.5. The second-order valence-electron chi connectivity index (χ2n) is 3.40. The molecule has 1 aromatic carbocycles. The van der Waals surface area contributed by atoms with Crippen molar-refractivity contribution in [3.8, 4) is 0 Å². The van der Waals surface area contributed by atoms with Gasteiger partial charge in [0, 0.05) is 12.2 Å². The summed E-state index contributed by atoms with van der Waals surface area (Å²) in [6.07, 6.45) is -4.65. The van der Waals surface area contributed by atoms with Crippen molar-refractivity contribution in [3.63, 3.8) is 0 Å². The molecule has 0 heterocycles. The molecule has 0 unspecified atom stereocenters. The highest BCUT2D eigenvalue weighted by Gasteiger charge is 2.33. The highest BCUT2D eigenvalue weighted by Crippen LogP contribution is 2.36. The van der Waals surface area contributed by atoms with Crippen molar-refractivity contribution in [2.75, 3.05) is 17.0 Å². The van der Waals surface area contributed by atoms with Gasteiger partial charge in [-0.05, 0) is 18.2 Å². The normalized spacial score (nSPS) is 12.5. The molecule has 0 fully saturated rings. The Labute approximate surface area is 107 Å². The lowest BCUT2D eigenvalue weighted by Gasteiger charge is -2.12. The number of hydrogen-bond donors (Lipinski definition) is 2. The molecule has 0 aliphatic rings. The van der Waals surface area contributed by atoms with E-state index in [0.717, 1.165) is 12.1 Å². The predicted octanol–water partition coefficient (Wildman–Crippen LogP) is 2.06. The molecule has 0 radical (unpaired) electrons. The third-order valence-corrected chi connectivity index (χ3v) is 3.58. The summed E-state index contributed by atoms with van der Waals surface area (Å²) in [5, 5.41) is -0.496. The first kappa shape index (κ1) is 15.1. The summed E-state index contributed by atoms with van der Waals surface area (Å²) in [7, 11) is -3.75. The molecule has 0 saturated carbocycles. The van der Waals surface area contributed by atoms with E-state index in [1.807, 2.05) is 4.72 Å². The minimum atomic E-state index is -4.65. The lowest BCUT2D eigenvalue weighted by molar-refractivity contribution is -0.137. The van der Waals surface area contributed by atoms with Crippen LogP contribution in [0, 0.1) is 0 Å². The van der Waals surface area contributed by atoms with Crippen LogP contribution in [0.1, 0.15) is 5.56 Å². The van der Waals surface area contributed by atoms with E-state index < -0.39 is 26.8 Å². The first-order valence-corrected chi connectivity index (χ1v) is 6.76. The van der Waals surface area contributed by atoms with Gasteiger partial charge in [-0.2, -0.15) is 13.2 Å². The van der Waals surface area contributed by atoms with E-state index in [9.17, 15) is 21.6 Å². The minimum absolute atomic E-state index is 0.130. The molecule has 4 nitrogen and oxygen atoms in total. The van der Waals surface area contributed by atoms with Crippen LogP contribution < -0.4 is 10.5 Å². The number of rotatable bonds is 4. The van der Waals surface area contributed by atoms with Crippen LogP contribution >= 0.6 is 11.6 Å². The van der Waals surface area contributed by atoms with Crippen molar-refractivity contribution in [2.45, 2.75) is 6.18 Å². The second kappa shape index (κ2) is 5.33. The molecule has 0 aliphatic carbocycles. The molecule has 0 saturated heterocycles. The molecule has 1 aromatic rings. The molecular weight excluding hydrogens is 293 g/mol. The SMILES string of the molecule is NCCS(=O)(=O)Nc1ccc(Cl)c(C(F)(F)F)c1. The molecule has 0 amide bonds. The zero-order valence-corrected chi connectivity index (χ0v) is 10.5. The third-order valence-electron chi connectivity index (χ3n) is 1.93. The fourth-order valence-corrected chi connectivity index (χ4v) is 2.31. The number of nitrogens with one attached hydrogen (secondary N) is 1. The van der Waals surface area contributed by atoms with Crippen LogP contribution in [0.25, 0.3) is 0 Å². The predicted molar refractivity (Wildman–Crippen MR) is 62.9 cm³/mol. The van der Waals surface area contributed by atoms with Gasteiger partial charge >= 0.3 is 6.18 Å². The largest absolute Gasteiger partial charge is 0.417 e. The van der Waals surface area contributed by atoms with Crippen molar-refractivity contribution < 1.29 is 21.6 Å². The van der Waals surface area contributed by atoms with Crippen molar-refractivity contribution >= 4 is 27.3 Å². The van der Waals surface area contributed by atoms with Gasteiger partial charge in [-0.1, -0.05) is 11.6 Å². The zero-order valence-electron chi connectivity index (χ0n) is 8.96. The molecule has 1 rings (SSSR count). The fraction of sp³-hybridized carbons (Fsp3) is 0.333. The van der Waals surface area contributed by atoms with E-state index in [1.165, 1.54) is 0 Å². The molecule has 0 aliphatic heterocycles. The summed E-state index contributed by atoms with van der Waals surface area (Å²) < 4.78 is 62.3. The average molecular weight is 303 g/mol. The minimum Gasteiger partial charge on any atom is -0.329 e. The van der Waals surface area contributed by atoms with Gasteiger partial charge in [0.2, 0.25) is 10.0 Å². The fourth-order valence-electron chi connectivity index (χ4n) is 1.19. The summed E-state index contributed by atoms with van der Waals surface area (Å²) in [5.74, 6) is -0.378. The molecule has 9 heteroatoms. The third kappa shape index (κ3) is 4.04. The van der Waals surface area contributed by atoms with Crippen LogP contribution in [0.3, 0.4) is 0 Å². The highest BCUT2D eigenvalue weighted by molar-refractivity contribution is 7.92. The van der Waals surface area contributed by atoms with Crippen molar-refractivity contribution in [1.29, 1.82) is 0 Å². The Morgan fingerprint density at radius 3 is 2.44 bits per heavy atom. The molecule has 102 valence electrons. The van der Waals surface area contributed by atoms with Gasteiger partial charge in [-0.15, -0.1) is 0 Å². The number of sulfonamides is 1. The van der Waals surface area contributed by atoms with Crippen molar-refractivity contribution in [1.82, 2.24) is 0 Å². The van der Waals surface area contributed by atoms with E-state index in [1.54, 1.807) is 0 Å². The van der Waals surface area contributed by atoms with E-state index >= 15 is 0 Å². The van der Waals surface area contributed by atoms with E-state index in [0.29, 0.717) is 6.07 Å². The Kier molecular flexibility index (Phi) is 4.46. The van der Waals surface area contributed by atoms with Gasteiger partial charge in [-0.3, -0.25) is 4.72 Å². The maximum Gasteiger partial charge on any atom is 0.417 e. The zero-order chi connectivity index (χ0) is 14.0. The molecule has 0 spiro atoms. The lowest BCUT2D eigenvalue weighted by Crippen LogP contribution is -2.22. The van der Waals surface area contributed by atoms with Crippen LogP contribution in [0.15, 0.2) is 18.2 Å². The van der Waals surface area contributed by atoms with E-state index in [4.69, 9.17) is 17.3 Å². The van der Waals surface area contributed by atoms with Crippen LogP contribution in [-0.4, -0.2) is 20.7 Å². The van der Waals surface area contributed by atoms with Gasteiger partial charge in [0.05, 0.1) is 16.3 Å². The number of alkyl halides is 3. The summed E-state index contributed by atoms with van der Waals surface area (Å²) in [4.78, 5) is 0. The van der Waals surface area contributed by atoms with Crippen LogP contribution in [0.4, 0.5) is 18.9 Å². The average Bonchev–Trinajstić information content (AvgIpc) is 2.18. The van der Waals surface area contributed by atoms with Crippen LogP contribution in [0.2, 0.25) is 5.02 Å². The summed E-state index contributed by atoms with van der Waals surface area (Å²) in [6, 6.07) is 2.76. The van der Waals surface area contributed by atoms with Crippen molar-refractivity contribution in [3.05, 3.63) is 28.8 Å². The molecule has 0 atom stereocenters. The second-order valence-corrected chi connectivity index (χ2v) is 5.65. The number of hydrogen-bond acceptors (Lipinski definition) is 3. The molecule has 0 aromatic heterocycles. The summed E-state index contributed by atoms with van der Waals surface area (Å²) in [6.45, 7) is -0.130. The number of benzene rings is 1. The van der Waals surface area contributed by atoms with E-state index in [2.05, 4.69) is 0 Å². The number of anilines is 1.